The minimum Gasteiger partial charge on any atom is -0.457 e. The van der Waals surface area contributed by atoms with Crippen LogP contribution in [-0.2, 0) is 20.4 Å². The minimum absolute atomic E-state index is 0.0512. The third kappa shape index (κ3) is 8.01. The summed E-state index contributed by atoms with van der Waals surface area (Å²) >= 11 is 0. The number of amides is 2. The first-order valence-electron chi connectivity index (χ1n) is 11.1. The summed E-state index contributed by atoms with van der Waals surface area (Å²) in [6.07, 6.45) is 1.58. The Labute approximate surface area is 218 Å². The van der Waals surface area contributed by atoms with Crippen LogP contribution in [0.4, 0.5) is 8.78 Å². The van der Waals surface area contributed by atoms with Crippen molar-refractivity contribution in [1.29, 1.82) is 5.26 Å². The smallest absolute Gasteiger partial charge is 0.387 e. The van der Waals surface area contributed by atoms with Gasteiger partial charge in [-0.2, -0.15) is 14.0 Å². The number of halogens is 2. The second-order valence-corrected chi connectivity index (χ2v) is 10.1. The summed E-state index contributed by atoms with van der Waals surface area (Å²) in [4.78, 5) is 26.3. The van der Waals surface area contributed by atoms with E-state index >= 15 is 0 Å². The number of para-hydroxylation sites is 2. The molecule has 1 N–H and O–H groups in total. The van der Waals surface area contributed by atoms with Gasteiger partial charge >= 0.3 is 6.61 Å². The molecule has 0 aliphatic carbocycles. The van der Waals surface area contributed by atoms with Crippen molar-refractivity contribution in [1.82, 2.24) is 10.2 Å². The van der Waals surface area contributed by atoms with Crippen LogP contribution >= 0.6 is 0 Å². The molecule has 12 heteroatoms. The van der Waals surface area contributed by atoms with Gasteiger partial charge in [-0.05, 0) is 36.4 Å². The van der Waals surface area contributed by atoms with Gasteiger partial charge in [-0.1, -0.05) is 42.5 Å². The Kier molecular flexibility index (Phi) is 9.34. The number of benzene rings is 3. The third-order valence-corrected chi connectivity index (χ3v) is 6.74. The summed E-state index contributed by atoms with van der Waals surface area (Å²) in [6.45, 7) is -3.17. The highest BCUT2D eigenvalue weighted by atomic mass is 32.2. The largest absolute Gasteiger partial charge is 0.457 e. The van der Waals surface area contributed by atoms with Gasteiger partial charge in [0.2, 0.25) is 0 Å². The first-order chi connectivity index (χ1) is 18.1. The van der Waals surface area contributed by atoms with Crippen LogP contribution in [0.2, 0.25) is 0 Å². The summed E-state index contributed by atoms with van der Waals surface area (Å²) in [6, 6.07) is 18.5. The molecule has 3 rings (SSSR count). The van der Waals surface area contributed by atoms with Crippen LogP contribution < -0.4 is 14.8 Å². The highest BCUT2D eigenvalue weighted by molar-refractivity contribution is 7.90. The van der Waals surface area contributed by atoms with Crippen molar-refractivity contribution in [2.24, 2.45) is 0 Å². The van der Waals surface area contributed by atoms with Crippen molar-refractivity contribution in [2.75, 3.05) is 12.8 Å². The van der Waals surface area contributed by atoms with Gasteiger partial charge in [0.1, 0.15) is 23.3 Å². The van der Waals surface area contributed by atoms with Crippen molar-refractivity contribution in [3.63, 3.8) is 0 Å². The predicted octanol–water partition coefficient (Wildman–Crippen LogP) is 3.73. The number of rotatable bonds is 11. The molecule has 0 aliphatic heterocycles. The van der Waals surface area contributed by atoms with Crippen molar-refractivity contribution in [3.8, 4) is 23.4 Å². The summed E-state index contributed by atoms with van der Waals surface area (Å²) in [5, 5.41) is 11.5. The summed E-state index contributed by atoms with van der Waals surface area (Å²) < 4.78 is 61.5. The van der Waals surface area contributed by atoms with E-state index in [1.807, 2.05) is 6.07 Å². The standard InChI is InChI=1S/C26H23F2N3O6S/c1-31(17-29)25(33)22(16-38(34,35)15-19-8-5-6-13-23(19)37-26(27)28)30-24(32)18-9-7-12-21(14-18)36-20-10-3-2-4-11-20/h2-14,22,26H,15-16H2,1H3,(H,30,32)/t22-/m0/s1. The van der Waals surface area contributed by atoms with Gasteiger partial charge < -0.3 is 14.8 Å². The Morgan fingerprint density at radius 1 is 1.00 bits per heavy atom. The Hall–Kier alpha value is -4.50. The van der Waals surface area contributed by atoms with E-state index in [4.69, 9.17) is 10.00 Å². The van der Waals surface area contributed by atoms with Crippen LogP contribution in [0.15, 0.2) is 78.9 Å². The van der Waals surface area contributed by atoms with Crippen molar-refractivity contribution in [3.05, 3.63) is 90.0 Å². The molecular weight excluding hydrogens is 520 g/mol. The number of ether oxygens (including phenoxy) is 2. The molecule has 38 heavy (non-hydrogen) atoms. The molecule has 0 saturated heterocycles. The molecule has 0 radical (unpaired) electrons. The average molecular weight is 544 g/mol. The summed E-state index contributed by atoms with van der Waals surface area (Å²) in [5.74, 6) is -2.88. The number of alkyl halides is 2. The highest BCUT2D eigenvalue weighted by Gasteiger charge is 2.31. The first-order valence-corrected chi connectivity index (χ1v) is 12.9. The predicted molar refractivity (Wildman–Crippen MR) is 133 cm³/mol. The highest BCUT2D eigenvalue weighted by Crippen LogP contribution is 2.24. The number of nitrogens with one attached hydrogen (secondary N) is 1. The number of carbonyl (C=O) groups is 2. The molecular formula is C26H23F2N3O6S. The molecule has 0 saturated carbocycles. The van der Waals surface area contributed by atoms with Crippen LogP contribution in [0.25, 0.3) is 0 Å². The molecule has 0 aromatic heterocycles. The zero-order chi connectivity index (χ0) is 27.7. The number of hydrogen-bond donors (Lipinski definition) is 1. The van der Waals surface area contributed by atoms with Gasteiger partial charge in [0.25, 0.3) is 11.8 Å². The van der Waals surface area contributed by atoms with Gasteiger partial charge in [-0.15, -0.1) is 0 Å². The zero-order valence-electron chi connectivity index (χ0n) is 20.1. The van der Waals surface area contributed by atoms with E-state index in [-0.39, 0.29) is 16.9 Å². The number of carbonyl (C=O) groups excluding carboxylic acids is 2. The van der Waals surface area contributed by atoms with Gasteiger partial charge in [-0.25, -0.2) is 8.42 Å². The lowest BCUT2D eigenvalue weighted by molar-refractivity contribution is -0.128. The molecule has 1 atom stereocenters. The third-order valence-electron chi connectivity index (χ3n) is 5.14. The maximum atomic E-state index is 13.0. The Morgan fingerprint density at radius 3 is 2.34 bits per heavy atom. The number of sulfone groups is 1. The molecule has 0 fully saturated rings. The van der Waals surface area contributed by atoms with Crippen LogP contribution in [0.3, 0.4) is 0 Å². The minimum atomic E-state index is -4.18. The molecule has 198 valence electrons. The van der Waals surface area contributed by atoms with Crippen molar-refractivity contribution >= 4 is 21.7 Å². The van der Waals surface area contributed by atoms with E-state index in [1.165, 1.54) is 36.4 Å². The zero-order valence-corrected chi connectivity index (χ0v) is 20.9. The first kappa shape index (κ1) is 28.1. The molecule has 3 aromatic carbocycles. The molecule has 0 heterocycles. The SMILES string of the molecule is CN(C#N)C(=O)[C@H](CS(=O)(=O)Cc1ccccc1OC(F)F)NC(=O)c1cccc(Oc2ccccc2)c1. The second kappa shape index (κ2) is 12.6. The lowest BCUT2D eigenvalue weighted by atomic mass is 10.2. The Morgan fingerprint density at radius 2 is 1.66 bits per heavy atom. The van der Waals surface area contributed by atoms with E-state index in [0.29, 0.717) is 16.4 Å². The fourth-order valence-electron chi connectivity index (χ4n) is 3.41. The lowest BCUT2D eigenvalue weighted by Gasteiger charge is -2.20. The van der Waals surface area contributed by atoms with Crippen LogP contribution in [0.1, 0.15) is 15.9 Å². The van der Waals surface area contributed by atoms with Crippen molar-refractivity contribution in [2.45, 2.75) is 18.4 Å². The van der Waals surface area contributed by atoms with Gasteiger partial charge in [0.05, 0.1) is 11.5 Å². The van der Waals surface area contributed by atoms with Crippen LogP contribution in [0.5, 0.6) is 17.2 Å². The van der Waals surface area contributed by atoms with E-state index in [2.05, 4.69) is 10.1 Å². The molecule has 0 bridgehead atoms. The number of likely N-dealkylation sites (N-methyl/N-ethyl adjacent to an activating group) is 1. The maximum Gasteiger partial charge on any atom is 0.387 e. The van der Waals surface area contributed by atoms with E-state index in [9.17, 15) is 26.8 Å². The molecule has 0 spiro atoms. The van der Waals surface area contributed by atoms with Crippen LogP contribution in [0, 0.1) is 11.5 Å². The average Bonchev–Trinajstić information content (AvgIpc) is 2.88. The maximum absolute atomic E-state index is 13.0. The monoisotopic (exact) mass is 543 g/mol. The summed E-state index contributed by atoms with van der Waals surface area (Å²) in [5.41, 5.74) is 0.0219. The lowest BCUT2D eigenvalue weighted by Crippen LogP contribution is -2.50. The fraction of sp³-hybridized carbons (Fsp3) is 0.192. The van der Waals surface area contributed by atoms with Crippen molar-refractivity contribution < 1.29 is 36.3 Å². The topological polar surface area (TPSA) is 126 Å². The van der Waals surface area contributed by atoms with Crippen LogP contribution in [-0.4, -0.2) is 50.6 Å². The quantitative estimate of drug-likeness (QED) is 0.289. The number of nitriles is 1. The van der Waals surface area contributed by atoms with E-state index < -0.39 is 45.8 Å². The number of hydrogen-bond acceptors (Lipinski definition) is 7. The van der Waals surface area contributed by atoms with Gasteiger partial charge in [0, 0.05) is 18.2 Å². The van der Waals surface area contributed by atoms with Gasteiger partial charge in [0.15, 0.2) is 16.0 Å². The normalized spacial score (nSPS) is 11.8. The second-order valence-electron chi connectivity index (χ2n) is 8.01. The molecule has 3 aromatic rings. The Bertz CT molecular complexity index is 1430. The summed E-state index contributed by atoms with van der Waals surface area (Å²) in [7, 11) is -3.06. The fourth-order valence-corrected chi connectivity index (χ4v) is 4.97. The molecule has 0 aliphatic rings. The number of nitrogens with zero attached hydrogens (tertiary/aromatic N) is 2. The van der Waals surface area contributed by atoms with E-state index in [1.54, 1.807) is 42.6 Å². The van der Waals surface area contributed by atoms with Gasteiger partial charge in [-0.3, -0.25) is 14.5 Å². The van der Waals surface area contributed by atoms with E-state index in [0.717, 1.165) is 7.05 Å². The molecule has 2 amide bonds. The molecule has 9 nitrogen and oxygen atoms in total. The molecule has 0 unspecified atom stereocenters. The Balaban J connectivity index is 1.81.